The van der Waals surface area contributed by atoms with E-state index in [0.29, 0.717) is 28.2 Å². The number of benzene rings is 1. The molecule has 4 rings (SSSR count). The Balaban J connectivity index is 1.61. The van der Waals surface area contributed by atoms with E-state index in [1.165, 1.54) is 17.1 Å². The van der Waals surface area contributed by atoms with Gasteiger partial charge in [-0.15, -0.1) is 0 Å². The summed E-state index contributed by atoms with van der Waals surface area (Å²) in [6, 6.07) is 12.4. The largest absolute Gasteiger partial charge is 0.619 e. The summed E-state index contributed by atoms with van der Waals surface area (Å²) >= 11 is 12.4. The van der Waals surface area contributed by atoms with Gasteiger partial charge in [0, 0.05) is 30.4 Å². The Kier molecular flexibility index (Phi) is 5.05. The zero-order chi connectivity index (χ0) is 19.5. The molecule has 10 heteroatoms. The Morgan fingerprint density at radius 2 is 1.89 bits per heavy atom. The van der Waals surface area contributed by atoms with Gasteiger partial charge in [-0.2, -0.15) is 9.41 Å². The first-order valence-corrected chi connectivity index (χ1v) is 8.99. The van der Waals surface area contributed by atoms with E-state index >= 15 is 0 Å². The SMILES string of the molecule is [O-][n+]1ccc(-c2ncccc2CNc2nnnn2-c2cccc(Cl)c2Cl)cc1. The first-order valence-electron chi connectivity index (χ1n) is 8.23. The average Bonchev–Trinajstić information content (AvgIpc) is 3.18. The monoisotopic (exact) mass is 413 g/mol. The molecular weight excluding hydrogens is 401 g/mol. The van der Waals surface area contributed by atoms with E-state index in [2.05, 4.69) is 25.8 Å². The fourth-order valence-corrected chi connectivity index (χ4v) is 3.08. The summed E-state index contributed by atoms with van der Waals surface area (Å²) < 4.78 is 2.21. The van der Waals surface area contributed by atoms with Crippen LogP contribution in [0, 0.1) is 5.21 Å². The zero-order valence-corrected chi connectivity index (χ0v) is 15.8. The van der Waals surface area contributed by atoms with Gasteiger partial charge < -0.3 is 10.5 Å². The van der Waals surface area contributed by atoms with E-state index in [4.69, 9.17) is 23.2 Å². The summed E-state index contributed by atoms with van der Waals surface area (Å²) in [4.78, 5) is 4.44. The molecule has 140 valence electrons. The lowest BCUT2D eigenvalue weighted by Gasteiger charge is -2.11. The van der Waals surface area contributed by atoms with Crippen LogP contribution in [-0.2, 0) is 6.54 Å². The van der Waals surface area contributed by atoms with Crippen molar-refractivity contribution in [1.82, 2.24) is 25.2 Å². The Bertz CT molecular complexity index is 1120. The summed E-state index contributed by atoms with van der Waals surface area (Å²) in [6.07, 6.45) is 4.57. The summed E-state index contributed by atoms with van der Waals surface area (Å²) in [5.41, 5.74) is 3.08. The van der Waals surface area contributed by atoms with Gasteiger partial charge in [-0.3, -0.25) is 4.98 Å². The smallest absolute Gasteiger partial charge is 0.248 e. The fourth-order valence-electron chi connectivity index (χ4n) is 2.70. The highest BCUT2D eigenvalue weighted by Gasteiger charge is 2.14. The zero-order valence-electron chi connectivity index (χ0n) is 14.3. The minimum absolute atomic E-state index is 0.358. The van der Waals surface area contributed by atoms with Crippen LogP contribution < -0.4 is 10.0 Å². The number of rotatable bonds is 5. The standard InChI is InChI=1S/C18H13Cl2N7O/c19-14-4-1-5-15(16(14)20)27-18(23-24-25-27)22-11-13-3-2-8-21-17(13)12-6-9-26(28)10-7-12/h1-10H,11H2,(H,22,23,25). The molecule has 0 bridgehead atoms. The number of pyridine rings is 2. The third kappa shape index (κ3) is 3.60. The highest BCUT2D eigenvalue weighted by molar-refractivity contribution is 6.43. The van der Waals surface area contributed by atoms with E-state index in [-0.39, 0.29) is 0 Å². The Morgan fingerprint density at radius 3 is 2.71 bits per heavy atom. The van der Waals surface area contributed by atoms with Crippen molar-refractivity contribution in [3.05, 3.63) is 81.9 Å². The van der Waals surface area contributed by atoms with Crippen LogP contribution in [0.5, 0.6) is 0 Å². The van der Waals surface area contributed by atoms with Crippen molar-refractivity contribution in [2.45, 2.75) is 6.54 Å². The molecule has 3 heterocycles. The predicted molar refractivity (Wildman–Crippen MR) is 105 cm³/mol. The number of hydrogen-bond donors (Lipinski definition) is 1. The Morgan fingerprint density at radius 1 is 1.07 bits per heavy atom. The van der Waals surface area contributed by atoms with Gasteiger partial charge in [-0.1, -0.05) is 40.4 Å². The molecule has 1 aromatic carbocycles. The molecule has 0 atom stereocenters. The molecule has 0 radical (unpaired) electrons. The van der Waals surface area contributed by atoms with Crippen LogP contribution >= 0.6 is 23.2 Å². The second-order valence-electron chi connectivity index (χ2n) is 5.80. The number of halogens is 2. The van der Waals surface area contributed by atoms with Gasteiger partial charge >= 0.3 is 0 Å². The molecule has 4 aromatic rings. The number of nitrogens with one attached hydrogen (secondary N) is 1. The molecule has 0 amide bonds. The van der Waals surface area contributed by atoms with Crippen molar-refractivity contribution >= 4 is 29.2 Å². The third-order valence-electron chi connectivity index (χ3n) is 4.03. The molecule has 0 aliphatic rings. The lowest BCUT2D eigenvalue weighted by atomic mass is 10.1. The maximum Gasteiger partial charge on any atom is 0.248 e. The topological polar surface area (TPSA) is 95.5 Å². The number of hydrogen-bond acceptors (Lipinski definition) is 6. The van der Waals surface area contributed by atoms with E-state index in [9.17, 15) is 5.21 Å². The molecule has 0 saturated carbocycles. The minimum Gasteiger partial charge on any atom is -0.619 e. The lowest BCUT2D eigenvalue weighted by Crippen LogP contribution is -2.23. The first-order chi connectivity index (χ1) is 13.6. The predicted octanol–water partition coefficient (Wildman–Crippen LogP) is 3.28. The van der Waals surface area contributed by atoms with E-state index < -0.39 is 0 Å². The van der Waals surface area contributed by atoms with Crippen LogP contribution in [0.4, 0.5) is 5.95 Å². The summed E-state index contributed by atoms with van der Waals surface area (Å²) in [6.45, 7) is 0.411. The van der Waals surface area contributed by atoms with Gasteiger partial charge in [-0.25, -0.2) is 0 Å². The van der Waals surface area contributed by atoms with Crippen molar-refractivity contribution in [3.8, 4) is 16.9 Å². The molecule has 1 N–H and O–H groups in total. The van der Waals surface area contributed by atoms with Gasteiger partial charge in [-0.05, 0) is 34.2 Å². The van der Waals surface area contributed by atoms with Crippen LogP contribution in [0.25, 0.3) is 16.9 Å². The van der Waals surface area contributed by atoms with Gasteiger partial charge in [0.25, 0.3) is 0 Å². The van der Waals surface area contributed by atoms with Crippen molar-refractivity contribution in [3.63, 3.8) is 0 Å². The van der Waals surface area contributed by atoms with Crippen LogP contribution in [0.2, 0.25) is 10.0 Å². The highest BCUT2D eigenvalue weighted by atomic mass is 35.5. The molecule has 0 spiro atoms. The van der Waals surface area contributed by atoms with E-state index in [1.54, 1.807) is 36.5 Å². The summed E-state index contributed by atoms with van der Waals surface area (Å²) in [7, 11) is 0. The van der Waals surface area contributed by atoms with Gasteiger partial charge in [0.15, 0.2) is 12.4 Å². The van der Waals surface area contributed by atoms with Gasteiger partial charge in [0.05, 0.1) is 21.4 Å². The Hall–Kier alpha value is -3.23. The van der Waals surface area contributed by atoms with Crippen LogP contribution in [0.3, 0.4) is 0 Å². The molecule has 0 unspecified atom stereocenters. The van der Waals surface area contributed by atoms with E-state index in [0.717, 1.165) is 21.6 Å². The van der Waals surface area contributed by atoms with Crippen LogP contribution in [0.1, 0.15) is 5.56 Å². The highest BCUT2D eigenvalue weighted by Crippen LogP contribution is 2.29. The third-order valence-corrected chi connectivity index (χ3v) is 4.84. The molecule has 0 fully saturated rings. The van der Waals surface area contributed by atoms with E-state index in [1.807, 2.05) is 12.1 Å². The van der Waals surface area contributed by atoms with Crippen molar-refractivity contribution in [2.24, 2.45) is 0 Å². The quantitative estimate of drug-likeness (QED) is 0.398. The second kappa shape index (κ2) is 7.79. The molecule has 0 aliphatic carbocycles. The molecule has 0 aliphatic heterocycles. The number of tetrazole rings is 1. The maximum absolute atomic E-state index is 11.3. The van der Waals surface area contributed by atoms with Crippen LogP contribution in [-0.4, -0.2) is 25.2 Å². The maximum atomic E-state index is 11.3. The van der Waals surface area contributed by atoms with Gasteiger partial charge in [0.2, 0.25) is 5.95 Å². The van der Waals surface area contributed by atoms with Crippen molar-refractivity contribution in [1.29, 1.82) is 0 Å². The summed E-state index contributed by atoms with van der Waals surface area (Å²) in [5.74, 6) is 0.407. The van der Waals surface area contributed by atoms with Gasteiger partial charge in [0.1, 0.15) is 0 Å². The van der Waals surface area contributed by atoms with Crippen LogP contribution in [0.15, 0.2) is 61.1 Å². The molecule has 8 nitrogen and oxygen atoms in total. The molecule has 28 heavy (non-hydrogen) atoms. The number of aromatic nitrogens is 6. The normalized spacial score (nSPS) is 10.8. The van der Waals surface area contributed by atoms with Crippen molar-refractivity contribution < 1.29 is 4.73 Å². The summed E-state index contributed by atoms with van der Waals surface area (Å²) in [5, 5.41) is 27.0. The lowest BCUT2D eigenvalue weighted by molar-refractivity contribution is -0.605. The first kappa shape index (κ1) is 18.1. The molecule has 3 aromatic heterocycles. The number of nitrogens with zero attached hydrogens (tertiary/aromatic N) is 6. The average molecular weight is 414 g/mol. The molecular formula is C18H13Cl2N7O. The number of anilines is 1. The molecule has 0 saturated heterocycles. The van der Waals surface area contributed by atoms with Crippen molar-refractivity contribution in [2.75, 3.05) is 5.32 Å². The minimum atomic E-state index is 0.358. The fraction of sp³-hybridized carbons (Fsp3) is 0.0556. The Labute approximate surface area is 170 Å². The second-order valence-corrected chi connectivity index (χ2v) is 6.58.